The molecule has 0 aromatic heterocycles. The fourth-order valence-electron chi connectivity index (χ4n) is 1.02. The molecule has 1 aromatic carbocycles. The molecule has 0 unspecified atom stereocenters. The van der Waals surface area contributed by atoms with Gasteiger partial charge < -0.3 is 5.11 Å². The molecule has 0 fully saturated rings. The minimum Gasteiger partial charge on any atom is -0.478 e. The standard InChI is InChI=1S/C9H6FNO4/c10-7-3-1-2-6(4-5-8(12)13)9(7)11(14)15/h1-5H,(H,12,13)/b5-4+. The highest BCUT2D eigenvalue weighted by Gasteiger charge is 2.17. The third kappa shape index (κ3) is 2.60. The molecule has 0 heterocycles. The number of para-hydroxylation sites is 1. The molecule has 0 atom stereocenters. The van der Waals surface area contributed by atoms with Gasteiger partial charge in [-0.3, -0.25) is 10.1 Å². The van der Waals surface area contributed by atoms with Crippen LogP contribution in [0.5, 0.6) is 0 Å². The van der Waals surface area contributed by atoms with Crippen molar-refractivity contribution in [3.8, 4) is 0 Å². The van der Waals surface area contributed by atoms with Crippen molar-refractivity contribution >= 4 is 17.7 Å². The monoisotopic (exact) mass is 211 g/mol. The van der Waals surface area contributed by atoms with Crippen LogP contribution in [0.1, 0.15) is 5.56 Å². The Kier molecular flexibility index (Phi) is 3.12. The lowest BCUT2D eigenvalue weighted by atomic mass is 10.1. The molecular formula is C9H6FNO4. The summed E-state index contributed by atoms with van der Waals surface area (Å²) >= 11 is 0. The molecule has 0 saturated carbocycles. The lowest BCUT2D eigenvalue weighted by Gasteiger charge is -1.97. The maximum Gasteiger partial charge on any atom is 0.328 e. The topological polar surface area (TPSA) is 80.4 Å². The van der Waals surface area contributed by atoms with Gasteiger partial charge in [-0.1, -0.05) is 6.07 Å². The molecule has 78 valence electrons. The van der Waals surface area contributed by atoms with Gasteiger partial charge in [0.25, 0.3) is 0 Å². The summed E-state index contributed by atoms with van der Waals surface area (Å²) in [6.45, 7) is 0. The SMILES string of the molecule is O=C(O)/C=C/c1cccc(F)c1[N+](=O)[O-]. The van der Waals surface area contributed by atoms with E-state index in [4.69, 9.17) is 5.11 Å². The van der Waals surface area contributed by atoms with E-state index in [0.29, 0.717) is 6.08 Å². The van der Waals surface area contributed by atoms with Crippen LogP contribution >= 0.6 is 0 Å². The van der Waals surface area contributed by atoms with Crippen molar-refractivity contribution in [2.24, 2.45) is 0 Å². The average molecular weight is 211 g/mol. The number of hydrogen-bond acceptors (Lipinski definition) is 3. The molecule has 1 N–H and O–H groups in total. The van der Waals surface area contributed by atoms with Crippen LogP contribution in [0.2, 0.25) is 0 Å². The van der Waals surface area contributed by atoms with Gasteiger partial charge in [-0.25, -0.2) is 4.79 Å². The molecule has 0 amide bonds. The number of nitrogens with zero attached hydrogens (tertiary/aromatic N) is 1. The van der Waals surface area contributed by atoms with Gasteiger partial charge in [0.15, 0.2) is 0 Å². The summed E-state index contributed by atoms with van der Waals surface area (Å²) in [5.41, 5.74) is -0.808. The van der Waals surface area contributed by atoms with E-state index in [1.54, 1.807) is 0 Å². The van der Waals surface area contributed by atoms with Crippen LogP contribution < -0.4 is 0 Å². The number of aliphatic carboxylic acids is 1. The van der Waals surface area contributed by atoms with E-state index in [-0.39, 0.29) is 5.56 Å². The Morgan fingerprint density at radius 1 is 1.53 bits per heavy atom. The smallest absolute Gasteiger partial charge is 0.328 e. The van der Waals surface area contributed by atoms with Crippen LogP contribution in [0, 0.1) is 15.9 Å². The number of carboxylic acids is 1. The first kappa shape index (κ1) is 10.8. The van der Waals surface area contributed by atoms with Gasteiger partial charge in [0, 0.05) is 6.08 Å². The van der Waals surface area contributed by atoms with E-state index in [2.05, 4.69) is 0 Å². The molecule has 6 heteroatoms. The van der Waals surface area contributed by atoms with Crippen LogP contribution in [0.4, 0.5) is 10.1 Å². The fourth-order valence-corrected chi connectivity index (χ4v) is 1.02. The first-order valence-corrected chi connectivity index (χ1v) is 3.86. The van der Waals surface area contributed by atoms with Crippen molar-refractivity contribution < 1.29 is 19.2 Å². The normalized spacial score (nSPS) is 10.5. The Morgan fingerprint density at radius 3 is 2.73 bits per heavy atom. The van der Waals surface area contributed by atoms with Gasteiger partial charge >= 0.3 is 11.7 Å². The molecule has 15 heavy (non-hydrogen) atoms. The summed E-state index contributed by atoms with van der Waals surface area (Å²) in [5.74, 6) is -2.25. The van der Waals surface area contributed by atoms with Crippen molar-refractivity contribution in [2.45, 2.75) is 0 Å². The number of benzene rings is 1. The van der Waals surface area contributed by atoms with Crippen molar-refractivity contribution in [3.63, 3.8) is 0 Å². The van der Waals surface area contributed by atoms with Crippen LogP contribution in [0.3, 0.4) is 0 Å². The van der Waals surface area contributed by atoms with Crippen molar-refractivity contribution in [1.82, 2.24) is 0 Å². The van der Waals surface area contributed by atoms with Gasteiger partial charge in [-0.2, -0.15) is 4.39 Å². The first-order valence-electron chi connectivity index (χ1n) is 3.86. The largest absolute Gasteiger partial charge is 0.478 e. The van der Waals surface area contributed by atoms with Crippen LogP contribution in [-0.4, -0.2) is 16.0 Å². The molecule has 0 aliphatic carbocycles. The Bertz CT molecular complexity index is 442. The van der Waals surface area contributed by atoms with Crippen molar-refractivity contribution in [1.29, 1.82) is 0 Å². The molecular weight excluding hydrogens is 205 g/mol. The molecule has 0 spiro atoms. The third-order valence-electron chi connectivity index (χ3n) is 1.61. The van der Waals surface area contributed by atoms with Crippen LogP contribution in [-0.2, 0) is 4.79 Å². The highest BCUT2D eigenvalue weighted by Crippen LogP contribution is 2.23. The zero-order valence-electron chi connectivity index (χ0n) is 7.38. The second kappa shape index (κ2) is 4.32. The summed E-state index contributed by atoms with van der Waals surface area (Å²) in [5, 5.41) is 18.8. The van der Waals surface area contributed by atoms with Gasteiger partial charge in [0.05, 0.1) is 10.5 Å². The number of carbonyl (C=O) groups is 1. The molecule has 0 aliphatic rings. The van der Waals surface area contributed by atoms with Gasteiger partial charge in [-0.15, -0.1) is 0 Å². The lowest BCUT2D eigenvalue weighted by molar-refractivity contribution is -0.387. The van der Waals surface area contributed by atoms with Crippen LogP contribution in [0.15, 0.2) is 24.3 Å². The highest BCUT2D eigenvalue weighted by atomic mass is 19.1. The number of rotatable bonds is 3. The minimum atomic E-state index is -1.26. The first-order chi connectivity index (χ1) is 7.02. The Labute approximate surface area is 83.6 Å². The predicted octanol–water partition coefficient (Wildman–Crippen LogP) is 1.83. The summed E-state index contributed by atoms with van der Waals surface area (Å²) < 4.78 is 13.0. The van der Waals surface area contributed by atoms with E-state index >= 15 is 0 Å². The number of carboxylic acid groups (broad SMARTS) is 1. The maximum absolute atomic E-state index is 13.0. The van der Waals surface area contributed by atoms with Crippen molar-refractivity contribution in [3.05, 3.63) is 45.8 Å². The molecule has 5 nitrogen and oxygen atoms in total. The number of hydrogen-bond donors (Lipinski definition) is 1. The molecule has 0 aliphatic heterocycles. The molecule has 0 saturated heterocycles. The van der Waals surface area contributed by atoms with Gasteiger partial charge in [-0.05, 0) is 18.2 Å². The second-order valence-electron chi connectivity index (χ2n) is 2.61. The lowest BCUT2D eigenvalue weighted by Crippen LogP contribution is -1.95. The highest BCUT2D eigenvalue weighted by molar-refractivity contribution is 5.86. The van der Waals surface area contributed by atoms with Gasteiger partial charge in [0.1, 0.15) is 0 Å². The quantitative estimate of drug-likeness (QED) is 0.469. The van der Waals surface area contributed by atoms with Gasteiger partial charge in [0.2, 0.25) is 5.82 Å². The summed E-state index contributed by atoms with van der Waals surface area (Å²) in [4.78, 5) is 19.8. The predicted molar refractivity (Wildman–Crippen MR) is 49.7 cm³/mol. The van der Waals surface area contributed by atoms with E-state index in [0.717, 1.165) is 12.1 Å². The average Bonchev–Trinajstić information content (AvgIpc) is 2.13. The fraction of sp³-hybridized carbons (Fsp3) is 0. The zero-order valence-corrected chi connectivity index (χ0v) is 7.38. The molecule has 0 radical (unpaired) electrons. The number of nitro groups is 1. The summed E-state index contributed by atoms with van der Waals surface area (Å²) in [6.07, 6.45) is 1.69. The Balaban J connectivity index is 3.23. The second-order valence-corrected chi connectivity index (χ2v) is 2.61. The molecule has 1 aromatic rings. The van der Waals surface area contributed by atoms with E-state index in [1.165, 1.54) is 12.1 Å². The number of halogens is 1. The zero-order chi connectivity index (χ0) is 11.4. The Hall–Kier alpha value is -2.24. The minimum absolute atomic E-state index is 0.0811. The maximum atomic E-state index is 13.0. The van der Waals surface area contributed by atoms with E-state index in [1.807, 2.05) is 0 Å². The number of nitro benzene ring substituents is 1. The van der Waals surface area contributed by atoms with Crippen molar-refractivity contribution in [2.75, 3.05) is 0 Å². The molecule has 1 rings (SSSR count). The Morgan fingerprint density at radius 2 is 2.20 bits per heavy atom. The summed E-state index contributed by atoms with van der Waals surface area (Å²) in [7, 11) is 0. The third-order valence-corrected chi connectivity index (χ3v) is 1.61. The van der Waals surface area contributed by atoms with E-state index < -0.39 is 22.4 Å². The summed E-state index contributed by atoms with van der Waals surface area (Å²) in [6, 6.07) is 3.47. The van der Waals surface area contributed by atoms with E-state index in [9.17, 15) is 19.3 Å². The molecule has 0 bridgehead atoms. The van der Waals surface area contributed by atoms with Crippen LogP contribution in [0.25, 0.3) is 6.08 Å².